The maximum absolute atomic E-state index is 11.7. The molecule has 0 saturated heterocycles. The Hall–Kier alpha value is -0.620. The van der Waals surface area contributed by atoms with Crippen LogP contribution in [0, 0.1) is 5.41 Å². The lowest BCUT2D eigenvalue weighted by molar-refractivity contribution is -0.140. The minimum atomic E-state index is -3.49. The molecule has 0 aliphatic heterocycles. The van der Waals surface area contributed by atoms with Crippen molar-refractivity contribution in [2.75, 3.05) is 5.75 Å². The Morgan fingerprint density at radius 1 is 1.38 bits per heavy atom. The zero-order valence-corrected chi connectivity index (χ0v) is 10.7. The quantitative estimate of drug-likeness (QED) is 0.760. The molecule has 0 radical (unpaired) electrons. The van der Waals surface area contributed by atoms with Gasteiger partial charge < -0.3 is 5.11 Å². The van der Waals surface area contributed by atoms with E-state index >= 15 is 0 Å². The van der Waals surface area contributed by atoms with Crippen LogP contribution in [-0.2, 0) is 14.8 Å². The zero-order valence-electron chi connectivity index (χ0n) is 9.91. The van der Waals surface area contributed by atoms with E-state index in [4.69, 9.17) is 5.11 Å². The van der Waals surface area contributed by atoms with Crippen LogP contribution in [0.4, 0.5) is 0 Å². The van der Waals surface area contributed by atoms with Crippen LogP contribution in [0.3, 0.4) is 0 Å². The molecule has 0 aromatic rings. The normalized spacial score (nSPS) is 19.4. The maximum atomic E-state index is 11.7. The first kappa shape index (κ1) is 13.4. The Labute approximate surface area is 96.3 Å². The van der Waals surface area contributed by atoms with Crippen molar-refractivity contribution in [3.8, 4) is 0 Å². The standard InChI is InChI=1S/C10H19NO4S/c1-9(2,3)6-7-16(14,15)11-10(4-5-10)8(12)13/h11H,4-7H2,1-3H3,(H,12,13). The van der Waals surface area contributed by atoms with Gasteiger partial charge >= 0.3 is 5.97 Å². The second-order valence-corrected chi connectivity index (χ2v) is 7.46. The number of carboxylic acid groups (broad SMARTS) is 1. The van der Waals surface area contributed by atoms with Crippen LogP contribution in [-0.4, -0.2) is 30.8 Å². The number of aliphatic carboxylic acids is 1. The van der Waals surface area contributed by atoms with Crippen molar-refractivity contribution in [1.29, 1.82) is 0 Å². The number of carboxylic acids is 1. The van der Waals surface area contributed by atoms with E-state index in [2.05, 4.69) is 4.72 Å². The van der Waals surface area contributed by atoms with Crippen molar-refractivity contribution >= 4 is 16.0 Å². The van der Waals surface area contributed by atoms with Gasteiger partial charge in [0.1, 0.15) is 5.54 Å². The van der Waals surface area contributed by atoms with Crippen LogP contribution < -0.4 is 4.72 Å². The van der Waals surface area contributed by atoms with Crippen LogP contribution in [0.2, 0.25) is 0 Å². The molecule has 0 spiro atoms. The maximum Gasteiger partial charge on any atom is 0.324 e. The number of sulfonamides is 1. The predicted octanol–water partition coefficient (Wildman–Crippen LogP) is 0.959. The van der Waals surface area contributed by atoms with Crippen LogP contribution in [0.25, 0.3) is 0 Å². The fraction of sp³-hybridized carbons (Fsp3) is 0.900. The second kappa shape index (κ2) is 4.00. The van der Waals surface area contributed by atoms with Gasteiger partial charge in [0.25, 0.3) is 0 Å². The molecule has 1 fully saturated rings. The molecule has 0 atom stereocenters. The molecule has 2 N–H and O–H groups in total. The van der Waals surface area contributed by atoms with Gasteiger partial charge in [0.05, 0.1) is 5.75 Å². The number of hydrogen-bond acceptors (Lipinski definition) is 3. The van der Waals surface area contributed by atoms with E-state index in [1.165, 1.54) is 0 Å². The minimum Gasteiger partial charge on any atom is -0.480 e. The molecule has 1 saturated carbocycles. The van der Waals surface area contributed by atoms with E-state index in [-0.39, 0.29) is 11.2 Å². The van der Waals surface area contributed by atoms with E-state index in [0.29, 0.717) is 19.3 Å². The zero-order chi connectivity index (χ0) is 12.6. The topological polar surface area (TPSA) is 83.5 Å². The molecule has 6 heteroatoms. The van der Waals surface area contributed by atoms with Crippen LogP contribution >= 0.6 is 0 Å². The molecule has 1 aliphatic rings. The van der Waals surface area contributed by atoms with Gasteiger partial charge in [-0.25, -0.2) is 8.42 Å². The Morgan fingerprint density at radius 2 is 1.88 bits per heavy atom. The van der Waals surface area contributed by atoms with Crippen LogP contribution in [0.5, 0.6) is 0 Å². The van der Waals surface area contributed by atoms with Crippen molar-refractivity contribution in [1.82, 2.24) is 4.72 Å². The average Bonchev–Trinajstić information content (AvgIpc) is 2.80. The summed E-state index contributed by atoms with van der Waals surface area (Å²) < 4.78 is 25.6. The first-order valence-electron chi connectivity index (χ1n) is 5.31. The van der Waals surface area contributed by atoms with E-state index in [1.54, 1.807) is 0 Å². The molecule has 0 aromatic carbocycles. The van der Waals surface area contributed by atoms with Crippen LogP contribution in [0.15, 0.2) is 0 Å². The smallest absolute Gasteiger partial charge is 0.324 e. The highest BCUT2D eigenvalue weighted by Crippen LogP contribution is 2.36. The molecular formula is C10H19NO4S. The molecule has 5 nitrogen and oxygen atoms in total. The molecule has 0 bridgehead atoms. The second-order valence-electron chi connectivity index (χ2n) is 5.62. The van der Waals surface area contributed by atoms with Crippen molar-refractivity contribution in [3.05, 3.63) is 0 Å². The molecular weight excluding hydrogens is 230 g/mol. The molecule has 0 unspecified atom stereocenters. The Morgan fingerprint density at radius 3 is 2.19 bits per heavy atom. The average molecular weight is 249 g/mol. The van der Waals surface area contributed by atoms with E-state index in [1.807, 2.05) is 20.8 Å². The monoisotopic (exact) mass is 249 g/mol. The fourth-order valence-electron chi connectivity index (χ4n) is 1.27. The summed E-state index contributed by atoms with van der Waals surface area (Å²) in [7, 11) is -3.49. The summed E-state index contributed by atoms with van der Waals surface area (Å²) in [5.41, 5.74) is -1.29. The largest absolute Gasteiger partial charge is 0.480 e. The highest BCUT2D eigenvalue weighted by atomic mass is 32.2. The number of rotatable bonds is 5. The van der Waals surface area contributed by atoms with Gasteiger partial charge in [0.2, 0.25) is 10.0 Å². The summed E-state index contributed by atoms with van der Waals surface area (Å²) >= 11 is 0. The third kappa shape index (κ3) is 3.75. The van der Waals surface area contributed by atoms with E-state index in [9.17, 15) is 13.2 Å². The molecule has 0 aromatic heterocycles. The predicted molar refractivity (Wildman–Crippen MR) is 60.6 cm³/mol. The summed E-state index contributed by atoms with van der Waals surface area (Å²) in [6.45, 7) is 5.85. The van der Waals surface area contributed by atoms with Crippen LogP contribution in [0.1, 0.15) is 40.0 Å². The van der Waals surface area contributed by atoms with Gasteiger partial charge in [-0.1, -0.05) is 20.8 Å². The summed E-state index contributed by atoms with van der Waals surface area (Å²) in [5, 5.41) is 8.87. The third-order valence-electron chi connectivity index (χ3n) is 2.63. The molecule has 1 rings (SSSR count). The summed E-state index contributed by atoms with van der Waals surface area (Å²) in [5.74, 6) is -1.10. The Bertz CT molecular complexity index is 376. The summed E-state index contributed by atoms with van der Waals surface area (Å²) in [4.78, 5) is 10.8. The number of hydrogen-bond donors (Lipinski definition) is 2. The van der Waals surface area contributed by atoms with Gasteiger partial charge in [-0.05, 0) is 24.7 Å². The third-order valence-corrected chi connectivity index (χ3v) is 4.07. The Kier molecular flexibility index (Phi) is 3.36. The molecule has 16 heavy (non-hydrogen) atoms. The number of carbonyl (C=O) groups is 1. The fourth-order valence-corrected chi connectivity index (χ4v) is 3.14. The van der Waals surface area contributed by atoms with E-state index < -0.39 is 21.5 Å². The van der Waals surface area contributed by atoms with Crippen molar-refractivity contribution in [2.45, 2.75) is 45.6 Å². The highest BCUT2D eigenvalue weighted by molar-refractivity contribution is 7.89. The van der Waals surface area contributed by atoms with Crippen molar-refractivity contribution < 1.29 is 18.3 Å². The molecule has 94 valence electrons. The van der Waals surface area contributed by atoms with Gasteiger partial charge in [-0.15, -0.1) is 0 Å². The summed E-state index contributed by atoms with van der Waals surface area (Å²) in [6, 6.07) is 0. The lowest BCUT2D eigenvalue weighted by atomic mass is 9.94. The SMILES string of the molecule is CC(C)(C)CCS(=O)(=O)NC1(C(=O)O)CC1. The molecule has 0 amide bonds. The lowest BCUT2D eigenvalue weighted by Crippen LogP contribution is -2.44. The van der Waals surface area contributed by atoms with Crippen molar-refractivity contribution in [3.63, 3.8) is 0 Å². The van der Waals surface area contributed by atoms with Gasteiger partial charge in [0, 0.05) is 0 Å². The molecule has 1 aliphatic carbocycles. The highest BCUT2D eigenvalue weighted by Gasteiger charge is 2.52. The first-order chi connectivity index (χ1) is 7.06. The first-order valence-corrected chi connectivity index (χ1v) is 6.97. The molecule has 0 heterocycles. The van der Waals surface area contributed by atoms with Gasteiger partial charge in [-0.2, -0.15) is 4.72 Å². The Balaban J connectivity index is 2.57. The number of nitrogens with one attached hydrogen (secondary N) is 1. The minimum absolute atomic E-state index is 0.0223. The van der Waals surface area contributed by atoms with Gasteiger partial charge in [-0.3, -0.25) is 4.79 Å². The van der Waals surface area contributed by atoms with E-state index in [0.717, 1.165) is 0 Å². The summed E-state index contributed by atoms with van der Waals surface area (Å²) in [6.07, 6.45) is 1.28. The van der Waals surface area contributed by atoms with Gasteiger partial charge in [0.15, 0.2) is 0 Å². The van der Waals surface area contributed by atoms with Crippen molar-refractivity contribution in [2.24, 2.45) is 5.41 Å². The lowest BCUT2D eigenvalue weighted by Gasteiger charge is -2.19.